The van der Waals surface area contributed by atoms with Crippen molar-refractivity contribution in [2.24, 2.45) is 5.73 Å². The molecule has 4 heteroatoms. The van der Waals surface area contributed by atoms with Gasteiger partial charge in [-0.05, 0) is 17.3 Å². The van der Waals surface area contributed by atoms with Gasteiger partial charge in [0.25, 0.3) is 0 Å². The Bertz CT molecular complexity index is 294. The Hall–Kier alpha value is -0.480. The highest BCUT2D eigenvalue weighted by atomic mass is 79.9. The first-order valence-corrected chi connectivity index (χ1v) is 5.15. The van der Waals surface area contributed by atoms with Gasteiger partial charge in [-0.15, -0.1) is 0 Å². The van der Waals surface area contributed by atoms with Crippen molar-refractivity contribution < 1.29 is 21.6 Å². The maximum Gasteiger partial charge on any atom is 0.303 e. The number of nitrogens with two attached hydrogens (primary N) is 1. The number of benzene rings is 1. The largest absolute Gasteiger partial charge is 1.00 e. The molecular formula is C10H15BrN2S. The zero-order valence-electron chi connectivity index (χ0n) is 8.40. The Morgan fingerprint density at radius 1 is 1.29 bits per heavy atom. The smallest absolute Gasteiger partial charge is 0.303 e. The van der Waals surface area contributed by atoms with Crippen LogP contribution in [0.2, 0.25) is 0 Å². The zero-order valence-corrected chi connectivity index (χ0v) is 10.8. The van der Waals surface area contributed by atoms with Crippen LogP contribution in [0.15, 0.2) is 30.3 Å². The molecule has 0 bridgehead atoms. The summed E-state index contributed by atoms with van der Waals surface area (Å²) in [5.41, 5.74) is 7.07. The molecule has 78 valence electrons. The van der Waals surface area contributed by atoms with Crippen molar-refractivity contribution in [1.82, 2.24) is 0 Å². The third-order valence-corrected chi connectivity index (χ3v) is 2.81. The molecule has 0 saturated carbocycles. The third kappa shape index (κ3) is 4.67. The monoisotopic (exact) mass is 274 g/mol. The van der Waals surface area contributed by atoms with Crippen LogP contribution in [0.25, 0.3) is 0 Å². The second kappa shape index (κ2) is 6.90. The van der Waals surface area contributed by atoms with E-state index in [2.05, 4.69) is 12.1 Å². The Morgan fingerprint density at radius 3 is 2.36 bits per heavy atom. The molecule has 0 spiro atoms. The summed E-state index contributed by atoms with van der Waals surface area (Å²) in [4.78, 5) is 0. The number of rotatable bonds is 2. The summed E-state index contributed by atoms with van der Waals surface area (Å²) in [5, 5.41) is 0.851. The van der Waals surface area contributed by atoms with Crippen LogP contribution in [0, 0.1) is 0 Å². The molecule has 14 heavy (non-hydrogen) atoms. The van der Waals surface area contributed by atoms with E-state index in [0.29, 0.717) is 0 Å². The summed E-state index contributed by atoms with van der Waals surface area (Å²) in [5.74, 6) is 0.935. The van der Waals surface area contributed by atoms with Crippen molar-refractivity contribution >= 4 is 16.9 Å². The normalized spacial score (nSPS) is 9.00. The Labute approximate surface area is 100.0 Å². The summed E-state index contributed by atoms with van der Waals surface area (Å²) in [6, 6.07) is 10.3. The Balaban J connectivity index is 0.00000169. The third-order valence-electron chi connectivity index (χ3n) is 1.67. The van der Waals surface area contributed by atoms with Crippen molar-refractivity contribution in [3.05, 3.63) is 35.9 Å². The van der Waals surface area contributed by atoms with Crippen LogP contribution in [0.5, 0.6) is 0 Å². The lowest BCUT2D eigenvalue weighted by Crippen LogP contribution is -3.00. The minimum atomic E-state index is 0. The van der Waals surface area contributed by atoms with E-state index in [1.807, 2.05) is 36.9 Å². The van der Waals surface area contributed by atoms with Crippen LogP contribution in [0.3, 0.4) is 0 Å². The van der Waals surface area contributed by atoms with Crippen molar-refractivity contribution in [3.8, 4) is 0 Å². The molecule has 0 aliphatic rings. The van der Waals surface area contributed by atoms with E-state index in [1.165, 1.54) is 5.56 Å². The Kier molecular flexibility index (Phi) is 6.66. The predicted molar refractivity (Wildman–Crippen MR) is 59.0 cm³/mol. The highest BCUT2D eigenvalue weighted by Gasteiger charge is 2.01. The summed E-state index contributed by atoms with van der Waals surface area (Å²) in [6.45, 7) is 0. The average Bonchev–Trinajstić information content (AvgIpc) is 2.15. The highest BCUT2D eigenvalue weighted by Crippen LogP contribution is 2.10. The van der Waals surface area contributed by atoms with E-state index in [0.717, 1.165) is 10.9 Å². The minimum Gasteiger partial charge on any atom is -1.00 e. The van der Waals surface area contributed by atoms with Gasteiger partial charge in [0, 0.05) is 5.75 Å². The number of halogens is 1. The average molecular weight is 275 g/mol. The van der Waals surface area contributed by atoms with Crippen molar-refractivity contribution in [2.45, 2.75) is 5.75 Å². The van der Waals surface area contributed by atoms with Gasteiger partial charge in [0.2, 0.25) is 0 Å². The van der Waals surface area contributed by atoms with E-state index in [9.17, 15) is 0 Å². The topological polar surface area (TPSA) is 29.0 Å². The molecule has 0 saturated heterocycles. The van der Waals surface area contributed by atoms with Crippen LogP contribution in [0.4, 0.5) is 0 Å². The molecule has 2 nitrogen and oxygen atoms in total. The molecule has 0 fully saturated rings. The first-order chi connectivity index (χ1) is 6.20. The lowest BCUT2D eigenvalue weighted by atomic mass is 10.2. The maximum absolute atomic E-state index is 5.77. The quantitative estimate of drug-likeness (QED) is 0.405. The fourth-order valence-electron chi connectivity index (χ4n) is 0.861. The van der Waals surface area contributed by atoms with E-state index in [4.69, 9.17) is 5.73 Å². The Morgan fingerprint density at radius 2 is 1.86 bits per heavy atom. The van der Waals surface area contributed by atoms with Gasteiger partial charge in [-0.2, -0.15) is 0 Å². The van der Waals surface area contributed by atoms with E-state index in [-0.39, 0.29) is 17.0 Å². The fraction of sp³-hybridized carbons (Fsp3) is 0.300. The molecule has 0 aromatic heterocycles. The second-order valence-corrected chi connectivity index (χ2v) is 4.00. The minimum absolute atomic E-state index is 0. The lowest BCUT2D eigenvalue weighted by molar-refractivity contribution is -0.462. The maximum atomic E-state index is 5.77. The molecule has 0 radical (unpaired) electrons. The van der Waals surface area contributed by atoms with Crippen molar-refractivity contribution in [2.75, 3.05) is 14.1 Å². The van der Waals surface area contributed by atoms with Gasteiger partial charge < -0.3 is 17.0 Å². The van der Waals surface area contributed by atoms with Crippen LogP contribution in [0.1, 0.15) is 5.56 Å². The lowest BCUT2D eigenvalue weighted by Gasteiger charge is -1.99. The van der Waals surface area contributed by atoms with Crippen molar-refractivity contribution in [3.63, 3.8) is 0 Å². The molecular weight excluding hydrogens is 260 g/mol. The number of amidine groups is 1. The standard InChI is InChI=1S/C10H14N2S.BrH/c1-12(2)10(11)13-8-9-6-4-3-5-7-9;/h3-7,11H,8H2,1-2H3;1H. The molecule has 1 aromatic rings. The fourth-order valence-corrected chi connectivity index (χ4v) is 1.63. The molecule has 0 heterocycles. The van der Waals surface area contributed by atoms with Crippen molar-refractivity contribution in [1.29, 1.82) is 0 Å². The van der Waals surface area contributed by atoms with Crippen LogP contribution in [-0.4, -0.2) is 23.8 Å². The number of hydrogen-bond donors (Lipinski definition) is 1. The molecule has 1 aromatic carbocycles. The number of thioether (sulfide) groups is 1. The molecule has 1 rings (SSSR count). The summed E-state index contributed by atoms with van der Waals surface area (Å²) in [6.07, 6.45) is 0. The molecule has 0 aliphatic carbocycles. The molecule has 0 aliphatic heterocycles. The first kappa shape index (κ1) is 13.5. The van der Waals surface area contributed by atoms with Gasteiger partial charge in [-0.1, -0.05) is 30.3 Å². The van der Waals surface area contributed by atoms with E-state index in [1.54, 1.807) is 11.8 Å². The van der Waals surface area contributed by atoms with Gasteiger partial charge in [0.15, 0.2) is 0 Å². The van der Waals surface area contributed by atoms with Gasteiger partial charge >= 0.3 is 5.17 Å². The van der Waals surface area contributed by atoms with Crippen LogP contribution in [-0.2, 0) is 5.75 Å². The summed E-state index contributed by atoms with van der Waals surface area (Å²) >= 11 is 1.66. The molecule has 2 N–H and O–H groups in total. The van der Waals surface area contributed by atoms with Gasteiger partial charge in [-0.3, -0.25) is 10.3 Å². The number of hydrogen-bond acceptors (Lipinski definition) is 1. The number of nitrogens with zero attached hydrogens (tertiary/aromatic N) is 1. The van der Waals surface area contributed by atoms with Gasteiger partial charge in [0.05, 0.1) is 14.1 Å². The SMILES string of the molecule is C[N+](C)=C(N)SCc1ccccc1.[Br-]. The van der Waals surface area contributed by atoms with E-state index >= 15 is 0 Å². The van der Waals surface area contributed by atoms with Gasteiger partial charge in [0.1, 0.15) is 0 Å². The highest BCUT2D eigenvalue weighted by molar-refractivity contribution is 8.12. The molecule has 0 amide bonds. The van der Waals surface area contributed by atoms with Crippen LogP contribution >= 0.6 is 11.8 Å². The van der Waals surface area contributed by atoms with Gasteiger partial charge in [-0.25, -0.2) is 0 Å². The first-order valence-electron chi connectivity index (χ1n) is 4.16. The molecule has 0 unspecified atom stereocenters. The summed E-state index contributed by atoms with van der Waals surface area (Å²) < 4.78 is 1.92. The van der Waals surface area contributed by atoms with E-state index < -0.39 is 0 Å². The zero-order chi connectivity index (χ0) is 9.68. The summed E-state index contributed by atoms with van der Waals surface area (Å²) in [7, 11) is 3.90. The predicted octanol–water partition coefficient (Wildman–Crippen LogP) is -1.49. The van der Waals surface area contributed by atoms with Crippen LogP contribution < -0.4 is 22.7 Å². The molecule has 0 atom stereocenters. The second-order valence-electron chi connectivity index (χ2n) is 3.01.